The lowest BCUT2D eigenvalue weighted by molar-refractivity contribution is -0.122. The highest BCUT2D eigenvalue weighted by Crippen LogP contribution is 2.32. The van der Waals surface area contributed by atoms with Gasteiger partial charge in [0.2, 0.25) is 0 Å². The summed E-state index contributed by atoms with van der Waals surface area (Å²) in [5.41, 5.74) is 1.29. The van der Waals surface area contributed by atoms with Gasteiger partial charge in [-0.25, -0.2) is 0 Å². The van der Waals surface area contributed by atoms with Gasteiger partial charge >= 0.3 is 0 Å². The third-order valence-corrected chi connectivity index (χ3v) is 4.17. The van der Waals surface area contributed by atoms with Crippen molar-refractivity contribution in [3.63, 3.8) is 0 Å². The van der Waals surface area contributed by atoms with E-state index in [1.165, 1.54) is 6.08 Å². The van der Waals surface area contributed by atoms with Crippen LogP contribution < -0.4 is 4.74 Å². The largest absolute Gasteiger partial charge is 0.509 e. The minimum Gasteiger partial charge on any atom is -0.509 e. The first-order chi connectivity index (χ1) is 11.8. The Morgan fingerprint density at radius 1 is 1.32 bits per heavy atom. The summed E-state index contributed by atoms with van der Waals surface area (Å²) in [6.45, 7) is 5.58. The fourth-order valence-corrected chi connectivity index (χ4v) is 2.70. The van der Waals surface area contributed by atoms with Crippen LogP contribution in [-0.2, 0) is 9.59 Å². The number of rotatable bonds is 7. The van der Waals surface area contributed by atoms with Crippen molar-refractivity contribution in [2.24, 2.45) is 5.92 Å². The second-order valence-corrected chi connectivity index (χ2v) is 6.14. The Kier molecular flexibility index (Phi) is 5.93. The Labute approximate surface area is 146 Å². The molecule has 2 rings (SSSR count). The first-order valence-corrected chi connectivity index (χ1v) is 8.01. The highest BCUT2D eigenvalue weighted by Gasteiger charge is 2.43. The molecule has 0 saturated heterocycles. The molecule has 0 spiro atoms. The van der Waals surface area contributed by atoms with Crippen molar-refractivity contribution in [1.82, 2.24) is 0 Å². The van der Waals surface area contributed by atoms with Crippen LogP contribution in [0.25, 0.3) is 6.08 Å². The summed E-state index contributed by atoms with van der Waals surface area (Å²) in [4.78, 5) is 24.7. The molecule has 0 fully saturated rings. The molecule has 1 aliphatic rings. The number of allylic oxidation sites excluding steroid dienone is 3. The number of aliphatic hydroxyl groups excluding tert-OH is 2. The standard InChI is InChI=1S/C20H22O5/c1-12(2)4-10-15-18(22)17(20(24)19(15)23)16(21)11-7-13-5-8-14(25-3)9-6-13/h5-9,11,15,19,23-24H,1,4,10H2,2-3H3. The molecule has 2 N–H and O–H groups in total. The van der Waals surface area contributed by atoms with Gasteiger partial charge < -0.3 is 14.9 Å². The van der Waals surface area contributed by atoms with E-state index in [2.05, 4.69) is 6.58 Å². The van der Waals surface area contributed by atoms with Crippen LogP contribution in [0.3, 0.4) is 0 Å². The van der Waals surface area contributed by atoms with Crippen molar-refractivity contribution in [3.8, 4) is 5.75 Å². The smallest absolute Gasteiger partial charge is 0.192 e. The molecule has 0 bridgehead atoms. The molecule has 0 heterocycles. The van der Waals surface area contributed by atoms with Crippen LogP contribution in [-0.4, -0.2) is 35.0 Å². The van der Waals surface area contributed by atoms with Crippen LogP contribution in [0.4, 0.5) is 0 Å². The average molecular weight is 342 g/mol. The Balaban J connectivity index is 2.13. The van der Waals surface area contributed by atoms with Crippen LogP contribution in [0.1, 0.15) is 25.3 Å². The summed E-state index contributed by atoms with van der Waals surface area (Å²) in [5.74, 6) is -1.78. The highest BCUT2D eigenvalue weighted by atomic mass is 16.5. The van der Waals surface area contributed by atoms with Crippen molar-refractivity contribution < 1.29 is 24.5 Å². The maximum absolute atomic E-state index is 12.4. The quantitative estimate of drug-likeness (QED) is 0.452. The van der Waals surface area contributed by atoms with E-state index < -0.39 is 29.3 Å². The summed E-state index contributed by atoms with van der Waals surface area (Å²) in [6, 6.07) is 7.02. The van der Waals surface area contributed by atoms with Crippen molar-refractivity contribution in [2.75, 3.05) is 7.11 Å². The normalized spacial score (nSPS) is 20.4. The monoisotopic (exact) mass is 342 g/mol. The van der Waals surface area contributed by atoms with Gasteiger partial charge in [-0.2, -0.15) is 0 Å². The minimum atomic E-state index is -1.33. The zero-order valence-electron chi connectivity index (χ0n) is 14.4. The topological polar surface area (TPSA) is 83.8 Å². The Morgan fingerprint density at radius 2 is 1.96 bits per heavy atom. The third kappa shape index (κ3) is 4.25. The summed E-state index contributed by atoms with van der Waals surface area (Å²) in [7, 11) is 1.56. The van der Waals surface area contributed by atoms with Gasteiger partial charge in [0, 0.05) is 0 Å². The van der Waals surface area contributed by atoms with Crippen LogP contribution in [0.5, 0.6) is 5.75 Å². The van der Waals surface area contributed by atoms with Gasteiger partial charge in [-0.3, -0.25) is 9.59 Å². The number of hydrogen-bond acceptors (Lipinski definition) is 5. The van der Waals surface area contributed by atoms with Crippen LogP contribution >= 0.6 is 0 Å². The maximum atomic E-state index is 12.4. The van der Waals surface area contributed by atoms with E-state index in [1.807, 2.05) is 6.92 Å². The number of hydrogen-bond donors (Lipinski definition) is 2. The summed E-state index contributed by atoms with van der Waals surface area (Å²) < 4.78 is 5.06. The lowest BCUT2D eigenvalue weighted by Crippen LogP contribution is -2.23. The molecule has 5 heteroatoms. The molecular formula is C20H22O5. The number of benzene rings is 1. The summed E-state index contributed by atoms with van der Waals surface area (Å²) >= 11 is 0. The van der Waals surface area contributed by atoms with Gasteiger partial charge in [-0.15, -0.1) is 6.58 Å². The van der Waals surface area contributed by atoms with Gasteiger partial charge in [-0.1, -0.05) is 23.8 Å². The number of ketones is 2. The molecule has 1 aromatic carbocycles. The van der Waals surface area contributed by atoms with Crippen LogP contribution in [0.15, 0.2) is 53.8 Å². The molecule has 2 unspecified atom stereocenters. The first kappa shape index (κ1) is 18.7. The predicted molar refractivity (Wildman–Crippen MR) is 95.2 cm³/mol. The third-order valence-electron chi connectivity index (χ3n) is 4.17. The van der Waals surface area contributed by atoms with Crippen molar-refractivity contribution in [1.29, 1.82) is 0 Å². The molecule has 1 aliphatic carbocycles. The lowest BCUT2D eigenvalue weighted by atomic mass is 9.93. The molecule has 0 amide bonds. The Bertz CT molecular complexity index is 740. The van der Waals surface area contributed by atoms with Gasteiger partial charge in [0.05, 0.1) is 13.0 Å². The first-order valence-electron chi connectivity index (χ1n) is 8.01. The van der Waals surface area contributed by atoms with E-state index in [9.17, 15) is 19.8 Å². The van der Waals surface area contributed by atoms with Crippen molar-refractivity contribution in [3.05, 3.63) is 59.4 Å². The number of methoxy groups -OCH3 is 1. The Morgan fingerprint density at radius 3 is 2.52 bits per heavy atom. The fourth-order valence-electron chi connectivity index (χ4n) is 2.70. The van der Waals surface area contributed by atoms with E-state index >= 15 is 0 Å². The zero-order chi connectivity index (χ0) is 18.6. The number of carbonyl (C=O) groups excluding carboxylic acids is 2. The summed E-state index contributed by atoms with van der Waals surface area (Å²) in [5, 5.41) is 20.1. The van der Waals surface area contributed by atoms with Crippen LogP contribution in [0, 0.1) is 5.92 Å². The zero-order valence-corrected chi connectivity index (χ0v) is 14.4. The molecule has 0 radical (unpaired) electrons. The second kappa shape index (κ2) is 7.94. The van der Waals surface area contributed by atoms with Gasteiger partial charge in [0.15, 0.2) is 11.6 Å². The van der Waals surface area contributed by atoms with Crippen molar-refractivity contribution >= 4 is 17.6 Å². The van der Waals surface area contributed by atoms with Gasteiger partial charge in [0.1, 0.15) is 23.2 Å². The number of aliphatic hydroxyl groups is 2. The van der Waals surface area contributed by atoms with Gasteiger partial charge in [-0.05, 0) is 43.5 Å². The molecule has 2 atom stereocenters. The van der Waals surface area contributed by atoms with Crippen LogP contribution in [0.2, 0.25) is 0 Å². The summed E-state index contributed by atoms with van der Waals surface area (Å²) in [6.07, 6.45) is 2.32. The average Bonchev–Trinajstić information content (AvgIpc) is 2.80. The highest BCUT2D eigenvalue weighted by molar-refractivity contribution is 6.27. The Hall–Kier alpha value is -2.66. The SMILES string of the molecule is C=C(C)CCC1C(=O)C(C(=O)C=Cc2ccc(OC)cc2)=C(O)C1O. The van der Waals surface area contributed by atoms with E-state index in [0.29, 0.717) is 18.6 Å². The molecule has 0 saturated carbocycles. The van der Waals surface area contributed by atoms with E-state index in [1.54, 1.807) is 37.5 Å². The molecule has 132 valence electrons. The lowest BCUT2D eigenvalue weighted by Gasteiger charge is -2.13. The number of Topliss-reactive ketones (excluding diaryl/α,β-unsaturated/α-hetero) is 1. The van der Waals surface area contributed by atoms with Gasteiger partial charge in [0.25, 0.3) is 0 Å². The van der Waals surface area contributed by atoms with E-state index in [0.717, 1.165) is 11.1 Å². The minimum absolute atomic E-state index is 0.330. The molecule has 5 nitrogen and oxygen atoms in total. The maximum Gasteiger partial charge on any atom is 0.192 e. The second-order valence-electron chi connectivity index (χ2n) is 6.14. The number of ether oxygens (including phenoxy) is 1. The molecule has 1 aromatic rings. The molecule has 0 aromatic heterocycles. The number of carbonyl (C=O) groups is 2. The predicted octanol–water partition coefficient (Wildman–Crippen LogP) is 3.01. The van der Waals surface area contributed by atoms with E-state index in [-0.39, 0.29) is 5.57 Å². The molecular weight excluding hydrogens is 320 g/mol. The molecule has 25 heavy (non-hydrogen) atoms. The van der Waals surface area contributed by atoms with Crippen molar-refractivity contribution in [2.45, 2.75) is 25.9 Å². The fraction of sp³-hybridized carbons (Fsp3) is 0.300. The van der Waals surface area contributed by atoms with E-state index in [4.69, 9.17) is 4.74 Å². The molecule has 0 aliphatic heterocycles.